The van der Waals surface area contributed by atoms with Gasteiger partial charge in [0, 0.05) is 55.8 Å². The second kappa shape index (κ2) is 9.94. The highest BCUT2D eigenvalue weighted by atomic mass is 16.2. The van der Waals surface area contributed by atoms with Gasteiger partial charge < -0.3 is 14.8 Å². The Balaban J connectivity index is 1.29. The molecule has 32 heavy (non-hydrogen) atoms. The standard InChI is InChI=1S/C25H32N6O/c1-4-24-26-12-15-31(24)17-18(2)25(32)30-13-10-20(11-14-30)22-9-8-21(16-27-22)29-23-7-5-6-19(3)28-23/h5-9,12,15-16,18,20H,4,10-11,13-14,17H2,1-3H3,(H,28,29)/t18-/m0/s1. The van der Waals surface area contributed by atoms with E-state index in [4.69, 9.17) is 4.98 Å². The quantitative estimate of drug-likeness (QED) is 0.601. The van der Waals surface area contributed by atoms with Crippen molar-refractivity contribution < 1.29 is 4.79 Å². The molecule has 1 aliphatic rings. The average molecular weight is 433 g/mol. The van der Waals surface area contributed by atoms with Crippen molar-refractivity contribution in [1.29, 1.82) is 0 Å². The van der Waals surface area contributed by atoms with Crippen LogP contribution < -0.4 is 5.32 Å². The summed E-state index contributed by atoms with van der Waals surface area (Å²) in [5.41, 5.74) is 3.00. The first kappa shape index (κ1) is 22.0. The summed E-state index contributed by atoms with van der Waals surface area (Å²) in [4.78, 5) is 28.5. The van der Waals surface area contributed by atoms with Crippen LogP contribution in [0, 0.1) is 12.8 Å². The molecular formula is C25H32N6O. The fraction of sp³-hybridized carbons (Fsp3) is 0.440. The molecule has 0 spiro atoms. The zero-order chi connectivity index (χ0) is 22.5. The SMILES string of the molecule is CCc1nccn1C[C@H](C)C(=O)N1CCC(c2ccc(Nc3cccc(C)n3)cn2)CC1. The van der Waals surface area contributed by atoms with E-state index in [1.54, 1.807) is 0 Å². The fourth-order valence-corrected chi connectivity index (χ4v) is 4.38. The summed E-state index contributed by atoms with van der Waals surface area (Å²) < 4.78 is 2.10. The molecule has 168 valence electrons. The molecule has 3 aromatic heterocycles. The second-order valence-electron chi connectivity index (χ2n) is 8.61. The molecule has 4 heterocycles. The first-order valence-electron chi connectivity index (χ1n) is 11.5. The van der Waals surface area contributed by atoms with E-state index in [1.807, 2.05) is 55.5 Å². The molecule has 0 saturated carbocycles. The van der Waals surface area contributed by atoms with Crippen LogP contribution >= 0.6 is 0 Å². The van der Waals surface area contributed by atoms with Gasteiger partial charge in [-0.15, -0.1) is 0 Å². The van der Waals surface area contributed by atoms with Crippen molar-refractivity contribution in [3.8, 4) is 0 Å². The van der Waals surface area contributed by atoms with E-state index in [0.29, 0.717) is 12.5 Å². The number of hydrogen-bond donors (Lipinski definition) is 1. The van der Waals surface area contributed by atoms with Gasteiger partial charge in [-0.3, -0.25) is 9.78 Å². The minimum Gasteiger partial charge on any atom is -0.342 e. The third kappa shape index (κ3) is 5.15. The lowest BCUT2D eigenvalue weighted by Gasteiger charge is -2.33. The highest BCUT2D eigenvalue weighted by Gasteiger charge is 2.27. The summed E-state index contributed by atoms with van der Waals surface area (Å²) >= 11 is 0. The summed E-state index contributed by atoms with van der Waals surface area (Å²) in [5, 5.41) is 3.30. The van der Waals surface area contributed by atoms with Gasteiger partial charge in [-0.25, -0.2) is 9.97 Å². The topological polar surface area (TPSA) is 75.9 Å². The summed E-state index contributed by atoms with van der Waals surface area (Å²) in [6, 6.07) is 10.1. The summed E-state index contributed by atoms with van der Waals surface area (Å²) in [6.45, 7) is 8.34. The predicted octanol–water partition coefficient (Wildman–Crippen LogP) is 4.33. The van der Waals surface area contributed by atoms with Crippen LogP contribution in [0.1, 0.15) is 49.8 Å². The van der Waals surface area contributed by atoms with Crippen LogP contribution in [0.5, 0.6) is 0 Å². The zero-order valence-electron chi connectivity index (χ0n) is 19.2. The maximum Gasteiger partial charge on any atom is 0.227 e. The van der Waals surface area contributed by atoms with Crippen LogP contribution in [0.2, 0.25) is 0 Å². The number of nitrogens with zero attached hydrogens (tertiary/aromatic N) is 5. The first-order valence-corrected chi connectivity index (χ1v) is 11.5. The van der Waals surface area contributed by atoms with Crippen LogP contribution in [0.25, 0.3) is 0 Å². The van der Waals surface area contributed by atoms with Crippen molar-refractivity contribution in [2.45, 2.75) is 52.5 Å². The summed E-state index contributed by atoms with van der Waals surface area (Å²) in [5.74, 6) is 2.43. The lowest BCUT2D eigenvalue weighted by molar-refractivity contribution is -0.136. The number of rotatable bonds is 7. The van der Waals surface area contributed by atoms with Crippen LogP contribution in [0.15, 0.2) is 48.9 Å². The number of amides is 1. The van der Waals surface area contributed by atoms with Crippen LogP contribution in [0.4, 0.5) is 11.5 Å². The number of aryl methyl sites for hydroxylation is 2. The van der Waals surface area contributed by atoms with Crippen molar-refractivity contribution >= 4 is 17.4 Å². The van der Waals surface area contributed by atoms with Crippen LogP contribution in [-0.4, -0.2) is 43.4 Å². The van der Waals surface area contributed by atoms with Gasteiger partial charge in [-0.1, -0.05) is 19.9 Å². The van der Waals surface area contributed by atoms with Gasteiger partial charge in [0.25, 0.3) is 0 Å². The molecular weight excluding hydrogens is 400 g/mol. The van der Waals surface area contributed by atoms with Gasteiger partial charge in [0.2, 0.25) is 5.91 Å². The minimum absolute atomic E-state index is 0.0511. The lowest BCUT2D eigenvalue weighted by atomic mass is 9.92. The average Bonchev–Trinajstić information content (AvgIpc) is 3.26. The molecule has 0 aliphatic carbocycles. The normalized spacial score (nSPS) is 15.5. The van der Waals surface area contributed by atoms with Crippen LogP contribution in [0.3, 0.4) is 0 Å². The lowest BCUT2D eigenvalue weighted by Crippen LogP contribution is -2.41. The molecule has 1 N–H and O–H groups in total. The van der Waals surface area contributed by atoms with Gasteiger partial charge >= 0.3 is 0 Å². The number of likely N-dealkylation sites (tertiary alicyclic amines) is 1. The largest absolute Gasteiger partial charge is 0.342 e. The Kier molecular flexibility index (Phi) is 6.83. The van der Waals surface area contributed by atoms with E-state index in [0.717, 1.165) is 61.1 Å². The summed E-state index contributed by atoms with van der Waals surface area (Å²) in [7, 11) is 0. The number of anilines is 2. The van der Waals surface area contributed by atoms with Gasteiger partial charge in [0.15, 0.2) is 0 Å². The van der Waals surface area contributed by atoms with Crippen molar-refractivity contribution in [1.82, 2.24) is 24.4 Å². The molecule has 1 atom stereocenters. The second-order valence-corrected chi connectivity index (χ2v) is 8.61. The molecule has 0 unspecified atom stereocenters. The molecule has 1 fully saturated rings. The van der Waals surface area contributed by atoms with E-state index >= 15 is 0 Å². The number of nitrogens with one attached hydrogen (secondary N) is 1. The molecule has 7 nitrogen and oxygen atoms in total. The fourth-order valence-electron chi connectivity index (χ4n) is 4.38. The third-order valence-electron chi connectivity index (χ3n) is 6.18. The Morgan fingerprint density at radius 2 is 2.00 bits per heavy atom. The minimum atomic E-state index is -0.0511. The third-order valence-corrected chi connectivity index (χ3v) is 6.18. The molecule has 3 aromatic rings. The predicted molar refractivity (Wildman–Crippen MR) is 126 cm³/mol. The summed E-state index contributed by atoms with van der Waals surface area (Å²) in [6.07, 6.45) is 8.42. The zero-order valence-corrected chi connectivity index (χ0v) is 19.2. The Labute approximate surface area is 189 Å². The Hall–Kier alpha value is -3.22. The van der Waals surface area contributed by atoms with Gasteiger partial charge in [-0.2, -0.15) is 0 Å². The maximum atomic E-state index is 13.0. The van der Waals surface area contributed by atoms with E-state index in [1.165, 1.54) is 0 Å². The first-order chi connectivity index (χ1) is 15.5. The van der Waals surface area contributed by atoms with E-state index < -0.39 is 0 Å². The van der Waals surface area contributed by atoms with E-state index in [-0.39, 0.29) is 11.8 Å². The van der Waals surface area contributed by atoms with Crippen molar-refractivity contribution in [2.75, 3.05) is 18.4 Å². The number of carbonyl (C=O) groups excluding carboxylic acids is 1. The molecule has 1 saturated heterocycles. The molecule has 0 radical (unpaired) electrons. The van der Waals surface area contributed by atoms with Gasteiger partial charge in [0.1, 0.15) is 11.6 Å². The Morgan fingerprint density at radius 3 is 2.69 bits per heavy atom. The van der Waals surface area contributed by atoms with Crippen molar-refractivity contribution in [3.05, 3.63) is 66.1 Å². The molecule has 7 heteroatoms. The number of hydrogen-bond acceptors (Lipinski definition) is 5. The molecule has 0 bridgehead atoms. The van der Waals surface area contributed by atoms with Gasteiger partial charge in [0.05, 0.1) is 17.8 Å². The van der Waals surface area contributed by atoms with E-state index in [9.17, 15) is 4.79 Å². The molecule has 1 aliphatic heterocycles. The number of pyridine rings is 2. The molecule has 0 aromatic carbocycles. The van der Waals surface area contributed by atoms with Crippen molar-refractivity contribution in [2.24, 2.45) is 5.92 Å². The Bertz CT molecular complexity index is 1040. The molecule has 4 rings (SSSR count). The smallest absolute Gasteiger partial charge is 0.227 e. The van der Waals surface area contributed by atoms with Crippen molar-refractivity contribution in [3.63, 3.8) is 0 Å². The number of aromatic nitrogens is 4. The van der Waals surface area contributed by atoms with Crippen LogP contribution in [-0.2, 0) is 17.8 Å². The Morgan fingerprint density at radius 1 is 1.19 bits per heavy atom. The highest BCUT2D eigenvalue weighted by Crippen LogP contribution is 2.28. The number of piperidine rings is 1. The maximum absolute atomic E-state index is 13.0. The molecule has 1 amide bonds. The highest BCUT2D eigenvalue weighted by molar-refractivity contribution is 5.78. The number of carbonyl (C=O) groups is 1. The van der Waals surface area contributed by atoms with E-state index in [2.05, 4.69) is 38.9 Å². The number of imidazole rings is 1. The monoisotopic (exact) mass is 432 g/mol. The van der Waals surface area contributed by atoms with Gasteiger partial charge in [-0.05, 0) is 44.0 Å².